The summed E-state index contributed by atoms with van der Waals surface area (Å²) < 4.78 is 0. The summed E-state index contributed by atoms with van der Waals surface area (Å²) >= 11 is 0. The average Bonchev–Trinajstić information content (AvgIpc) is 2.69. The highest BCUT2D eigenvalue weighted by molar-refractivity contribution is 4.99. The van der Waals surface area contributed by atoms with Crippen LogP contribution in [0.1, 0.15) is 79.1 Å². The highest BCUT2D eigenvalue weighted by Crippen LogP contribution is 1.96. The van der Waals surface area contributed by atoms with E-state index in [1.807, 2.05) is 72.8 Å². The molecule has 0 nitrogen and oxygen atoms in total. The molecule has 0 heteroatoms. The minimum absolute atomic E-state index is 1.36. The monoisotopic (exact) mass is 328 g/mol. The van der Waals surface area contributed by atoms with E-state index in [2.05, 4.69) is 27.7 Å². The fourth-order valence-corrected chi connectivity index (χ4v) is 1.77. The molecule has 0 fully saturated rings. The molecule has 0 amide bonds. The van der Waals surface area contributed by atoms with Gasteiger partial charge in [-0.2, -0.15) is 0 Å². The molecule has 0 aliphatic carbocycles. The molecule has 0 aromatic heterocycles. The standard InChI is InChI=1S/2C6H6.2C6H14/c2*1-2-4-6-5-3-1;2*1-3-5-6-4-2/h2*1-6H;2*3-6H2,1-2H3. The first-order valence-electron chi connectivity index (χ1n) is 9.83. The number of rotatable bonds is 6. The first-order valence-corrected chi connectivity index (χ1v) is 9.83. The second-order valence-corrected chi connectivity index (χ2v) is 5.72. The normalized spacial score (nSPS) is 8.50. The molecule has 2 aromatic rings. The molecule has 24 heavy (non-hydrogen) atoms. The molecular formula is C24H40. The Morgan fingerprint density at radius 3 is 0.500 bits per heavy atom. The van der Waals surface area contributed by atoms with Crippen LogP contribution < -0.4 is 0 Å². The van der Waals surface area contributed by atoms with E-state index < -0.39 is 0 Å². The number of unbranched alkanes of at least 4 members (excludes halogenated alkanes) is 6. The first-order chi connectivity index (χ1) is 11.8. The lowest BCUT2D eigenvalue weighted by molar-refractivity contribution is 0.702. The van der Waals surface area contributed by atoms with E-state index in [1.165, 1.54) is 51.4 Å². The van der Waals surface area contributed by atoms with Gasteiger partial charge >= 0.3 is 0 Å². The number of hydrogen-bond donors (Lipinski definition) is 0. The highest BCUT2D eigenvalue weighted by Gasteiger charge is 1.76. The van der Waals surface area contributed by atoms with Crippen LogP contribution in [-0.2, 0) is 0 Å². The molecule has 0 bridgehead atoms. The van der Waals surface area contributed by atoms with E-state index in [0.29, 0.717) is 0 Å². The van der Waals surface area contributed by atoms with Crippen LogP contribution in [0.15, 0.2) is 72.8 Å². The first kappa shape index (κ1) is 24.7. The fourth-order valence-electron chi connectivity index (χ4n) is 1.77. The van der Waals surface area contributed by atoms with Crippen LogP contribution in [0, 0.1) is 0 Å². The highest BCUT2D eigenvalue weighted by atomic mass is 13.8. The zero-order valence-electron chi connectivity index (χ0n) is 16.6. The molecule has 0 N–H and O–H groups in total. The summed E-state index contributed by atoms with van der Waals surface area (Å²) in [6.45, 7) is 8.93. The van der Waals surface area contributed by atoms with Gasteiger partial charge in [0.25, 0.3) is 0 Å². The maximum Gasteiger partial charge on any atom is -0.0536 e. The second-order valence-electron chi connectivity index (χ2n) is 5.72. The Balaban J connectivity index is 0. The van der Waals surface area contributed by atoms with Crippen molar-refractivity contribution in [2.45, 2.75) is 79.1 Å². The summed E-state index contributed by atoms with van der Waals surface area (Å²) in [6, 6.07) is 24.0. The third-order valence-electron chi connectivity index (χ3n) is 3.25. The van der Waals surface area contributed by atoms with Crippen molar-refractivity contribution in [3.05, 3.63) is 72.8 Å². The maximum absolute atomic E-state index is 2.23. The minimum Gasteiger partial charge on any atom is -0.0654 e. The van der Waals surface area contributed by atoms with Gasteiger partial charge in [-0.25, -0.2) is 0 Å². The predicted octanol–water partition coefficient (Wildman–Crippen LogP) is 8.55. The molecule has 0 aliphatic heterocycles. The summed E-state index contributed by atoms with van der Waals surface area (Å²) in [6.07, 6.45) is 11.1. The SMILES string of the molecule is CCCCCC.CCCCCC.c1ccccc1.c1ccccc1. The van der Waals surface area contributed by atoms with Crippen molar-refractivity contribution in [2.75, 3.05) is 0 Å². The molecule has 0 unspecified atom stereocenters. The van der Waals surface area contributed by atoms with Gasteiger partial charge < -0.3 is 0 Å². The molecule has 0 radical (unpaired) electrons. The molecule has 0 saturated carbocycles. The third-order valence-corrected chi connectivity index (χ3v) is 3.25. The number of benzene rings is 2. The summed E-state index contributed by atoms with van der Waals surface area (Å²) in [5.41, 5.74) is 0. The summed E-state index contributed by atoms with van der Waals surface area (Å²) in [5.74, 6) is 0. The Morgan fingerprint density at radius 2 is 0.417 bits per heavy atom. The van der Waals surface area contributed by atoms with Crippen LogP contribution >= 0.6 is 0 Å². The average molecular weight is 329 g/mol. The van der Waals surface area contributed by atoms with E-state index in [4.69, 9.17) is 0 Å². The Morgan fingerprint density at radius 1 is 0.292 bits per heavy atom. The van der Waals surface area contributed by atoms with E-state index in [1.54, 1.807) is 0 Å². The van der Waals surface area contributed by atoms with Crippen LogP contribution in [0.5, 0.6) is 0 Å². The van der Waals surface area contributed by atoms with Crippen LogP contribution in [-0.4, -0.2) is 0 Å². The molecule has 0 saturated heterocycles. The maximum atomic E-state index is 2.23. The van der Waals surface area contributed by atoms with E-state index in [-0.39, 0.29) is 0 Å². The molecular weight excluding hydrogens is 288 g/mol. The van der Waals surface area contributed by atoms with Crippen LogP contribution in [0.4, 0.5) is 0 Å². The zero-order valence-corrected chi connectivity index (χ0v) is 16.6. The zero-order chi connectivity index (χ0) is 18.1. The molecule has 0 aliphatic rings. The molecule has 2 aromatic carbocycles. The van der Waals surface area contributed by atoms with Gasteiger partial charge in [0.05, 0.1) is 0 Å². The number of hydrogen-bond acceptors (Lipinski definition) is 0. The Bertz CT molecular complexity index is 265. The molecule has 0 atom stereocenters. The van der Waals surface area contributed by atoms with Crippen molar-refractivity contribution in [1.29, 1.82) is 0 Å². The molecule has 0 heterocycles. The van der Waals surface area contributed by atoms with Gasteiger partial charge in [-0.05, 0) is 0 Å². The Hall–Kier alpha value is -1.56. The van der Waals surface area contributed by atoms with Crippen molar-refractivity contribution in [2.24, 2.45) is 0 Å². The quantitative estimate of drug-likeness (QED) is 0.466. The van der Waals surface area contributed by atoms with E-state index >= 15 is 0 Å². The van der Waals surface area contributed by atoms with Gasteiger partial charge in [-0.15, -0.1) is 0 Å². The van der Waals surface area contributed by atoms with Gasteiger partial charge in [0.2, 0.25) is 0 Å². The fraction of sp³-hybridized carbons (Fsp3) is 0.500. The van der Waals surface area contributed by atoms with Gasteiger partial charge in [0, 0.05) is 0 Å². The van der Waals surface area contributed by atoms with Gasteiger partial charge in [-0.1, -0.05) is 152 Å². The van der Waals surface area contributed by atoms with E-state index in [9.17, 15) is 0 Å². The Kier molecular flexibility index (Phi) is 27.1. The van der Waals surface area contributed by atoms with Crippen LogP contribution in [0.25, 0.3) is 0 Å². The van der Waals surface area contributed by atoms with Crippen LogP contribution in [0.2, 0.25) is 0 Å². The van der Waals surface area contributed by atoms with Crippen molar-refractivity contribution < 1.29 is 0 Å². The third kappa shape index (κ3) is 28.6. The van der Waals surface area contributed by atoms with Crippen LogP contribution in [0.3, 0.4) is 0 Å². The largest absolute Gasteiger partial charge is 0.0654 e. The molecule has 136 valence electrons. The van der Waals surface area contributed by atoms with Gasteiger partial charge in [-0.3, -0.25) is 0 Å². The molecule has 2 rings (SSSR count). The van der Waals surface area contributed by atoms with Gasteiger partial charge in [0.1, 0.15) is 0 Å². The van der Waals surface area contributed by atoms with E-state index in [0.717, 1.165) is 0 Å². The summed E-state index contributed by atoms with van der Waals surface area (Å²) in [5, 5.41) is 0. The lowest BCUT2D eigenvalue weighted by atomic mass is 10.2. The lowest BCUT2D eigenvalue weighted by Gasteiger charge is -1.86. The lowest BCUT2D eigenvalue weighted by Crippen LogP contribution is -1.66. The van der Waals surface area contributed by atoms with Crippen molar-refractivity contribution in [3.63, 3.8) is 0 Å². The smallest absolute Gasteiger partial charge is 0.0536 e. The topological polar surface area (TPSA) is 0 Å². The van der Waals surface area contributed by atoms with Crippen molar-refractivity contribution in [1.82, 2.24) is 0 Å². The van der Waals surface area contributed by atoms with Gasteiger partial charge in [0.15, 0.2) is 0 Å². The van der Waals surface area contributed by atoms with Crippen molar-refractivity contribution in [3.8, 4) is 0 Å². The molecule has 0 spiro atoms. The Labute approximate surface area is 152 Å². The van der Waals surface area contributed by atoms with Crippen molar-refractivity contribution >= 4 is 0 Å². The minimum atomic E-state index is 1.36. The summed E-state index contributed by atoms with van der Waals surface area (Å²) in [7, 11) is 0. The second kappa shape index (κ2) is 26.3. The predicted molar refractivity (Wildman–Crippen MR) is 113 cm³/mol. The summed E-state index contributed by atoms with van der Waals surface area (Å²) in [4.78, 5) is 0.